The van der Waals surface area contributed by atoms with Gasteiger partial charge >= 0.3 is 0 Å². The van der Waals surface area contributed by atoms with Crippen molar-refractivity contribution >= 4 is 11.7 Å². The average molecular weight is 270 g/mol. The first-order valence-corrected chi connectivity index (χ1v) is 6.43. The Bertz CT molecular complexity index is 603. The van der Waals surface area contributed by atoms with Crippen LogP contribution < -0.4 is 5.32 Å². The van der Waals surface area contributed by atoms with Crippen LogP contribution in [0.1, 0.15) is 27.2 Å². The van der Waals surface area contributed by atoms with E-state index in [1.165, 1.54) is 0 Å². The van der Waals surface area contributed by atoms with Crippen LogP contribution in [-0.4, -0.2) is 18.0 Å². The van der Waals surface area contributed by atoms with Gasteiger partial charge in [-0.3, -0.25) is 4.79 Å². The number of aryl methyl sites for hydroxylation is 2. The largest absolute Gasteiger partial charge is 0.380 e. The highest BCUT2D eigenvalue weighted by molar-refractivity contribution is 6.04. The Labute approximate surface area is 118 Å². The Morgan fingerprint density at radius 2 is 2.00 bits per heavy atom. The summed E-state index contributed by atoms with van der Waals surface area (Å²) >= 11 is 0. The summed E-state index contributed by atoms with van der Waals surface area (Å²) in [6.07, 6.45) is 0. The molecule has 0 aliphatic heterocycles. The second kappa shape index (κ2) is 6.30. The lowest BCUT2D eigenvalue weighted by Gasteiger charge is -2.10. The standard InChI is InChI=1S/C16H18N2O2/c1-11-8-12(2)17-15(9-11)18-16(19)14-7-5-4-6-13(14)10-20-3/h4-9H,10H2,1-3H3,(H,17,18,19). The quantitative estimate of drug-likeness (QED) is 0.928. The molecule has 20 heavy (non-hydrogen) atoms. The fourth-order valence-corrected chi connectivity index (χ4v) is 2.11. The van der Waals surface area contributed by atoms with Gasteiger partial charge in [0.1, 0.15) is 5.82 Å². The zero-order chi connectivity index (χ0) is 14.5. The minimum atomic E-state index is -0.171. The number of nitrogens with one attached hydrogen (secondary N) is 1. The number of ether oxygens (including phenoxy) is 1. The fourth-order valence-electron chi connectivity index (χ4n) is 2.11. The summed E-state index contributed by atoms with van der Waals surface area (Å²) in [7, 11) is 1.61. The second-order valence-corrected chi connectivity index (χ2v) is 4.72. The van der Waals surface area contributed by atoms with E-state index in [1.807, 2.05) is 44.2 Å². The topological polar surface area (TPSA) is 51.2 Å². The van der Waals surface area contributed by atoms with Crippen LogP contribution >= 0.6 is 0 Å². The Morgan fingerprint density at radius 3 is 2.70 bits per heavy atom. The van der Waals surface area contributed by atoms with E-state index in [-0.39, 0.29) is 5.91 Å². The van der Waals surface area contributed by atoms with Gasteiger partial charge in [0, 0.05) is 18.4 Å². The van der Waals surface area contributed by atoms with E-state index in [1.54, 1.807) is 13.2 Å². The maximum absolute atomic E-state index is 12.3. The Morgan fingerprint density at radius 1 is 1.25 bits per heavy atom. The molecule has 2 rings (SSSR count). The molecule has 4 nitrogen and oxygen atoms in total. The number of nitrogens with zero attached hydrogens (tertiary/aromatic N) is 1. The number of aromatic nitrogens is 1. The third kappa shape index (κ3) is 3.42. The van der Waals surface area contributed by atoms with Gasteiger partial charge in [-0.1, -0.05) is 18.2 Å². The molecule has 0 bridgehead atoms. The Kier molecular flexibility index (Phi) is 4.48. The highest BCUT2D eigenvalue weighted by Crippen LogP contribution is 2.14. The van der Waals surface area contributed by atoms with Crippen molar-refractivity contribution in [1.82, 2.24) is 4.98 Å². The van der Waals surface area contributed by atoms with Crippen molar-refractivity contribution in [2.75, 3.05) is 12.4 Å². The maximum Gasteiger partial charge on any atom is 0.257 e. The third-order valence-electron chi connectivity index (χ3n) is 2.90. The number of hydrogen-bond acceptors (Lipinski definition) is 3. The molecule has 104 valence electrons. The summed E-state index contributed by atoms with van der Waals surface area (Å²) in [6, 6.07) is 11.2. The van der Waals surface area contributed by atoms with Gasteiger partial charge in [0.05, 0.1) is 6.61 Å². The van der Waals surface area contributed by atoms with Crippen molar-refractivity contribution < 1.29 is 9.53 Å². The van der Waals surface area contributed by atoms with Gasteiger partial charge in [0.15, 0.2) is 0 Å². The van der Waals surface area contributed by atoms with Gasteiger partial charge in [-0.05, 0) is 43.2 Å². The summed E-state index contributed by atoms with van der Waals surface area (Å²) in [5.41, 5.74) is 3.41. The highest BCUT2D eigenvalue weighted by atomic mass is 16.5. The molecule has 2 aromatic rings. The Hall–Kier alpha value is -2.20. The zero-order valence-electron chi connectivity index (χ0n) is 11.9. The van der Waals surface area contributed by atoms with Gasteiger partial charge < -0.3 is 10.1 Å². The first-order valence-electron chi connectivity index (χ1n) is 6.43. The van der Waals surface area contributed by atoms with Crippen LogP contribution in [0, 0.1) is 13.8 Å². The molecule has 0 fully saturated rings. The van der Waals surface area contributed by atoms with Crippen LogP contribution in [0.4, 0.5) is 5.82 Å². The number of pyridine rings is 1. The molecule has 0 saturated heterocycles. The highest BCUT2D eigenvalue weighted by Gasteiger charge is 2.11. The monoisotopic (exact) mass is 270 g/mol. The van der Waals surface area contributed by atoms with Crippen molar-refractivity contribution in [3.05, 3.63) is 58.8 Å². The summed E-state index contributed by atoms with van der Waals surface area (Å²) in [5, 5.41) is 2.83. The van der Waals surface area contributed by atoms with Crippen LogP contribution in [-0.2, 0) is 11.3 Å². The fraction of sp³-hybridized carbons (Fsp3) is 0.250. The van der Waals surface area contributed by atoms with Crippen LogP contribution in [0.3, 0.4) is 0 Å². The van der Waals surface area contributed by atoms with Crippen molar-refractivity contribution in [2.45, 2.75) is 20.5 Å². The average Bonchev–Trinajstić information content (AvgIpc) is 2.38. The number of amides is 1. The molecule has 1 aromatic carbocycles. The molecule has 1 heterocycles. The predicted molar refractivity (Wildman–Crippen MR) is 78.8 cm³/mol. The van der Waals surface area contributed by atoms with Crippen molar-refractivity contribution in [3.63, 3.8) is 0 Å². The zero-order valence-corrected chi connectivity index (χ0v) is 11.9. The molecule has 1 amide bonds. The van der Waals surface area contributed by atoms with Crippen molar-refractivity contribution in [2.24, 2.45) is 0 Å². The normalized spacial score (nSPS) is 10.3. The molecule has 0 spiro atoms. The lowest BCUT2D eigenvalue weighted by atomic mass is 10.1. The number of rotatable bonds is 4. The van der Waals surface area contributed by atoms with E-state index in [0.29, 0.717) is 18.0 Å². The van der Waals surface area contributed by atoms with Gasteiger partial charge in [-0.2, -0.15) is 0 Å². The lowest BCUT2D eigenvalue weighted by molar-refractivity contribution is 0.102. The number of carbonyl (C=O) groups is 1. The predicted octanol–water partition coefficient (Wildman–Crippen LogP) is 3.10. The van der Waals surface area contributed by atoms with E-state index in [2.05, 4.69) is 10.3 Å². The summed E-state index contributed by atoms with van der Waals surface area (Å²) in [5.74, 6) is 0.398. The first-order chi connectivity index (χ1) is 9.60. The summed E-state index contributed by atoms with van der Waals surface area (Å²) in [6.45, 7) is 4.29. The molecule has 0 aliphatic rings. The van der Waals surface area contributed by atoms with E-state index in [9.17, 15) is 4.79 Å². The molecular formula is C16H18N2O2. The van der Waals surface area contributed by atoms with Crippen molar-refractivity contribution in [3.8, 4) is 0 Å². The van der Waals surface area contributed by atoms with E-state index in [4.69, 9.17) is 4.74 Å². The van der Waals surface area contributed by atoms with E-state index >= 15 is 0 Å². The molecule has 1 N–H and O–H groups in total. The van der Waals surface area contributed by atoms with Crippen LogP contribution in [0.25, 0.3) is 0 Å². The van der Waals surface area contributed by atoms with Gasteiger partial charge in [0.2, 0.25) is 0 Å². The number of benzene rings is 1. The van der Waals surface area contributed by atoms with E-state index < -0.39 is 0 Å². The molecule has 1 aromatic heterocycles. The van der Waals surface area contributed by atoms with Gasteiger partial charge in [-0.25, -0.2) is 4.98 Å². The number of methoxy groups -OCH3 is 1. The SMILES string of the molecule is COCc1ccccc1C(=O)Nc1cc(C)cc(C)n1. The number of anilines is 1. The van der Waals surface area contributed by atoms with Crippen LogP contribution in [0.5, 0.6) is 0 Å². The first kappa shape index (κ1) is 14.2. The van der Waals surface area contributed by atoms with Crippen LogP contribution in [0.15, 0.2) is 36.4 Å². The molecule has 0 unspecified atom stereocenters. The minimum Gasteiger partial charge on any atom is -0.380 e. The van der Waals surface area contributed by atoms with Crippen molar-refractivity contribution in [1.29, 1.82) is 0 Å². The molecular weight excluding hydrogens is 252 g/mol. The van der Waals surface area contributed by atoms with Gasteiger partial charge in [-0.15, -0.1) is 0 Å². The summed E-state index contributed by atoms with van der Waals surface area (Å²) < 4.78 is 5.11. The smallest absolute Gasteiger partial charge is 0.257 e. The molecule has 0 atom stereocenters. The van der Waals surface area contributed by atoms with E-state index in [0.717, 1.165) is 16.8 Å². The lowest BCUT2D eigenvalue weighted by Crippen LogP contribution is -2.15. The minimum absolute atomic E-state index is 0.171. The Balaban J connectivity index is 2.23. The molecule has 0 radical (unpaired) electrons. The molecule has 4 heteroatoms. The number of hydrogen-bond donors (Lipinski definition) is 1. The summed E-state index contributed by atoms with van der Waals surface area (Å²) in [4.78, 5) is 16.6. The van der Waals surface area contributed by atoms with Crippen LogP contribution in [0.2, 0.25) is 0 Å². The molecule has 0 saturated carbocycles. The molecule has 0 aliphatic carbocycles. The maximum atomic E-state index is 12.3. The number of carbonyl (C=O) groups excluding carboxylic acids is 1. The third-order valence-corrected chi connectivity index (χ3v) is 2.90. The van der Waals surface area contributed by atoms with Gasteiger partial charge in [0.25, 0.3) is 5.91 Å². The second-order valence-electron chi connectivity index (χ2n) is 4.72.